The third-order valence-electron chi connectivity index (χ3n) is 2.53. The molecule has 2 atom stereocenters. The molecule has 0 amide bonds. The van der Waals surface area contributed by atoms with E-state index in [1.165, 1.54) is 0 Å². The molecule has 0 aliphatic heterocycles. The molecule has 92 valence electrons. The van der Waals surface area contributed by atoms with Crippen LogP contribution in [0.25, 0.3) is 0 Å². The van der Waals surface area contributed by atoms with E-state index in [1.54, 1.807) is 0 Å². The molecule has 1 rings (SSSR count). The summed E-state index contributed by atoms with van der Waals surface area (Å²) in [7, 11) is 0. The molecule has 1 N–H and O–H groups in total. The maximum atomic E-state index is 11.6. The number of esters is 1. The number of ether oxygens (including phenoxy) is 1. The lowest BCUT2D eigenvalue weighted by molar-refractivity contribution is -0.156. The Bertz CT molecular complexity index is 263. The minimum atomic E-state index is -0.378. The van der Waals surface area contributed by atoms with Crippen LogP contribution in [0.15, 0.2) is 12.2 Å². The van der Waals surface area contributed by atoms with Crippen LogP contribution < -0.4 is 0 Å². The molecule has 1 saturated carbocycles. The van der Waals surface area contributed by atoms with Gasteiger partial charge in [-0.25, -0.2) is 0 Å². The quantitative estimate of drug-likeness (QED) is 0.578. The number of aliphatic hydroxyl groups excluding tert-OH is 1. The number of carbonyl (C=O) groups excluding carboxylic acids is 1. The van der Waals surface area contributed by atoms with Gasteiger partial charge in [0.2, 0.25) is 0 Å². The first-order valence-corrected chi connectivity index (χ1v) is 5.93. The van der Waals surface area contributed by atoms with Gasteiger partial charge in [0, 0.05) is 6.61 Å². The molecule has 0 bridgehead atoms. The zero-order valence-electron chi connectivity index (χ0n) is 10.4. The van der Waals surface area contributed by atoms with E-state index < -0.39 is 0 Å². The number of carbonyl (C=O) groups is 1. The molecule has 1 aliphatic rings. The van der Waals surface area contributed by atoms with E-state index in [9.17, 15) is 4.79 Å². The lowest BCUT2D eigenvalue weighted by Crippen LogP contribution is -2.25. The zero-order valence-corrected chi connectivity index (χ0v) is 10.4. The smallest absolute Gasteiger partial charge is 0.309 e. The Hall–Kier alpha value is -0.830. The average Bonchev–Trinajstić information content (AvgIpc) is 2.89. The molecule has 16 heavy (non-hydrogen) atoms. The van der Waals surface area contributed by atoms with E-state index in [0.717, 1.165) is 12.8 Å². The molecule has 0 unspecified atom stereocenters. The van der Waals surface area contributed by atoms with Gasteiger partial charge in [-0.3, -0.25) is 4.79 Å². The standard InChI is InChI=1S/C13H22O3/c1-13(2,3)16-12(15)11-9-10(11)7-5-4-6-8-14/h4-5,10-11,14H,6-9H2,1-3H3/b5-4-/t10-,11+/m0/s1. The fourth-order valence-electron chi connectivity index (χ4n) is 1.64. The van der Waals surface area contributed by atoms with Crippen LogP contribution in [-0.4, -0.2) is 23.3 Å². The molecule has 1 fully saturated rings. The summed E-state index contributed by atoms with van der Waals surface area (Å²) in [6.07, 6.45) is 6.57. The van der Waals surface area contributed by atoms with Crippen LogP contribution in [0, 0.1) is 11.8 Å². The van der Waals surface area contributed by atoms with Gasteiger partial charge in [-0.2, -0.15) is 0 Å². The highest BCUT2D eigenvalue weighted by Crippen LogP contribution is 2.43. The van der Waals surface area contributed by atoms with Gasteiger partial charge in [0.1, 0.15) is 5.60 Å². The molecule has 1 aliphatic carbocycles. The summed E-state index contributed by atoms with van der Waals surface area (Å²) in [5.41, 5.74) is -0.378. The number of hydrogen-bond donors (Lipinski definition) is 1. The van der Waals surface area contributed by atoms with Crippen molar-refractivity contribution in [3.63, 3.8) is 0 Å². The van der Waals surface area contributed by atoms with Gasteiger partial charge < -0.3 is 9.84 Å². The predicted molar refractivity (Wildman–Crippen MR) is 62.9 cm³/mol. The van der Waals surface area contributed by atoms with Gasteiger partial charge in [-0.05, 0) is 46.0 Å². The maximum absolute atomic E-state index is 11.6. The summed E-state index contributed by atoms with van der Waals surface area (Å²) in [5, 5.41) is 8.59. The molecule has 3 heteroatoms. The van der Waals surface area contributed by atoms with Crippen LogP contribution in [0.2, 0.25) is 0 Å². The Balaban J connectivity index is 2.21. The summed E-state index contributed by atoms with van der Waals surface area (Å²) in [6.45, 7) is 5.87. The van der Waals surface area contributed by atoms with E-state index in [1.807, 2.05) is 32.9 Å². The highest BCUT2D eigenvalue weighted by molar-refractivity contribution is 5.76. The molecule has 3 nitrogen and oxygen atoms in total. The lowest BCUT2D eigenvalue weighted by atomic mass is 10.2. The van der Waals surface area contributed by atoms with E-state index in [-0.39, 0.29) is 24.1 Å². The molecule has 0 aromatic rings. The van der Waals surface area contributed by atoms with Crippen molar-refractivity contribution < 1.29 is 14.6 Å². The maximum Gasteiger partial charge on any atom is 0.309 e. The Kier molecular flexibility index (Phi) is 4.54. The van der Waals surface area contributed by atoms with E-state index in [0.29, 0.717) is 12.3 Å². The van der Waals surface area contributed by atoms with Crippen LogP contribution in [-0.2, 0) is 9.53 Å². The van der Waals surface area contributed by atoms with Gasteiger partial charge in [0.15, 0.2) is 0 Å². The Labute approximate surface area is 97.5 Å². The zero-order chi connectivity index (χ0) is 12.2. The van der Waals surface area contributed by atoms with Crippen molar-refractivity contribution in [1.82, 2.24) is 0 Å². The van der Waals surface area contributed by atoms with Crippen molar-refractivity contribution in [3.8, 4) is 0 Å². The van der Waals surface area contributed by atoms with Gasteiger partial charge in [-0.15, -0.1) is 0 Å². The predicted octanol–water partition coefficient (Wildman–Crippen LogP) is 2.29. The first-order chi connectivity index (χ1) is 7.44. The summed E-state index contributed by atoms with van der Waals surface area (Å²) >= 11 is 0. The third kappa shape index (κ3) is 4.79. The first kappa shape index (κ1) is 13.2. The molecule has 0 saturated heterocycles. The minimum Gasteiger partial charge on any atom is -0.460 e. The number of rotatable bonds is 5. The van der Waals surface area contributed by atoms with Gasteiger partial charge in [-0.1, -0.05) is 12.2 Å². The number of allylic oxidation sites excluding steroid dienone is 1. The van der Waals surface area contributed by atoms with Crippen molar-refractivity contribution in [2.24, 2.45) is 11.8 Å². The van der Waals surface area contributed by atoms with Gasteiger partial charge in [0.05, 0.1) is 5.92 Å². The largest absolute Gasteiger partial charge is 0.460 e. The summed E-state index contributed by atoms with van der Waals surface area (Å²) < 4.78 is 5.32. The molecule has 0 heterocycles. The van der Waals surface area contributed by atoms with Gasteiger partial charge in [0.25, 0.3) is 0 Å². The van der Waals surface area contributed by atoms with Crippen LogP contribution in [0.5, 0.6) is 0 Å². The first-order valence-electron chi connectivity index (χ1n) is 5.93. The highest BCUT2D eigenvalue weighted by atomic mass is 16.6. The fraction of sp³-hybridized carbons (Fsp3) is 0.769. The van der Waals surface area contributed by atoms with Crippen LogP contribution in [0.1, 0.15) is 40.0 Å². The normalized spacial score (nSPS) is 24.8. The summed E-state index contributed by atoms with van der Waals surface area (Å²) in [4.78, 5) is 11.6. The van der Waals surface area contributed by atoms with Crippen molar-refractivity contribution in [3.05, 3.63) is 12.2 Å². The number of aliphatic hydroxyl groups is 1. The summed E-state index contributed by atoms with van der Waals surface area (Å²) in [5.74, 6) is 0.482. The van der Waals surface area contributed by atoms with Crippen molar-refractivity contribution in [2.75, 3.05) is 6.61 Å². The second kappa shape index (κ2) is 5.48. The Morgan fingerprint density at radius 2 is 2.12 bits per heavy atom. The molecular formula is C13H22O3. The molecule has 0 aromatic heterocycles. The molecule has 0 spiro atoms. The van der Waals surface area contributed by atoms with Crippen molar-refractivity contribution >= 4 is 5.97 Å². The third-order valence-corrected chi connectivity index (χ3v) is 2.53. The molecular weight excluding hydrogens is 204 g/mol. The van der Waals surface area contributed by atoms with E-state index in [2.05, 4.69) is 0 Å². The molecule has 0 radical (unpaired) electrons. The Morgan fingerprint density at radius 1 is 1.44 bits per heavy atom. The van der Waals surface area contributed by atoms with Crippen molar-refractivity contribution in [1.29, 1.82) is 0 Å². The van der Waals surface area contributed by atoms with Gasteiger partial charge >= 0.3 is 5.97 Å². The van der Waals surface area contributed by atoms with Crippen molar-refractivity contribution in [2.45, 2.75) is 45.6 Å². The van der Waals surface area contributed by atoms with Crippen LogP contribution in [0.4, 0.5) is 0 Å². The number of hydrogen-bond acceptors (Lipinski definition) is 3. The SMILES string of the molecule is CC(C)(C)OC(=O)[C@@H]1C[C@@H]1C/C=C\CCO. The second-order valence-electron chi connectivity index (χ2n) is 5.36. The monoisotopic (exact) mass is 226 g/mol. The summed E-state index contributed by atoms with van der Waals surface area (Å²) in [6, 6.07) is 0. The Morgan fingerprint density at radius 3 is 2.69 bits per heavy atom. The topological polar surface area (TPSA) is 46.5 Å². The van der Waals surface area contributed by atoms with Crippen LogP contribution in [0.3, 0.4) is 0 Å². The lowest BCUT2D eigenvalue weighted by Gasteiger charge is -2.19. The molecule has 0 aromatic carbocycles. The average molecular weight is 226 g/mol. The minimum absolute atomic E-state index is 0.0620. The fourth-order valence-corrected chi connectivity index (χ4v) is 1.64. The van der Waals surface area contributed by atoms with E-state index in [4.69, 9.17) is 9.84 Å². The highest BCUT2D eigenvalue weighted by Gasteiger charge is 2.44. The van der Waals surface area contributed by atoms with E-state index >= 15 is 0 Å². The van der Waals surface area contributed by atoms with Crippen LogP contribution >= 0.6 is 0 Å². The second-order valence-corrected chi connectivity index (χ2v) is 5.36.